The molecule has 66 valence electrons. The number of furan rings is 1. The lowest BCUT2D eigenvalue weighted by atomic mass is 10.3. The van der Waals surface area contributed by atoms with Crippen molar-refractivity contribution in [3.63, 3.8) is 0 Å². The number of nitrogens with two attached hydrogens (primary N) is 1. The molecule has 0 aliphatic carbocycles. The smallest absolute Gasteiger partial charge is 0.152 e. The van der Waals surface area contributed by atoms with Gasteiger partial charge in [-0.2, -0.15) is 0 Å². The summed E-state index contributed by atoms with van der Waals surface area (Å²) in [5.41, 5.74) is 4.12. The molecule has 0 fully saturated rings. The van der Waals surface area contributed by atoms with E-state index in [-0.39, 0.29) is 0 Å². The first kappa shape index (κ1) is 7.82. The highest BCUT2D eigenvalue weighted by atomic mass is 16.3. The summed E-state index contributed by atoms with van der Waals surface area (Å²) in [6.07, 6.45) is 3.28. The van der Waals surface area contributed by atoms with Crippen LogP contribution in [0.15, 0.2) is 41.1 Å². The van der Waals surface area contributed by atoms with E-state index >= 15 is 0 Å². The van der Waals surface area contributed by atoms with E-state index in [1.54, 1.807) is 18.5 Å². The number of anilines is 1. The second kappa shape index (κ2) is 3.28. The van der Waals surface area contributed by atoms with Crippen LogP contribution >= 0.6 is 0 Å². The van der Waals surface area contributed by atoms with Crippen LogP contribution in [0.4, 0.5) is 5.69 Å². The van der Waals surface area contributed by atoms with Gasteiger partial charge in [-0.3, -0.25) is 10.8 Å². The number of nitrogens with one attached hydrogen (secondary N) is 1. The summed E-state index contributed by atoms with van der Waals surface area (Å²) in [4.78, 5) is 4.14. The molecule has 0 atom stereocenters. The molecule has 0 unspecified atom stereocenters. The summed E-state index contributed by atoms with van der Waals surface area (Å²) in [6.45, 7) is 0. The van der Waals surface area contributed by atoms with Crippen LogP contribution < -0.4 is 11.3 Å². The minimum Gasteiger partial charge on any atom is -0.463 e. The predicted octanol–water partition coefficient (Wildman–Crippen LogP) is 1.63. The molecule has 4 nitrogen and oxygen atoms in total. The maximum absolute atomic E-state index is 5.26. The van der Waals surface area contributed by atoms with Gasteiger partial charge in [0, 0.05) is 6.20 Å². The number of hydrazine groups is 1. The Morgan fingerprint density at radius 2 is 2.31 bits per heavy atom. The maximum Gasteiger partial charge on any atom is 0.152 e. The molecule has 0 amide bonds. The van der Waals surface area contributed by atoms with Gasteiger partial charge < -0.3 is 9.84 Å². The SMILES string of the molecule is NNc1ccnc(-c2ccco2)c1. The van der Waals surface area contributed by atoms with Crippen molar-refractivity contribution in [3.05, 3.63) is 36.7 Å². The monoisotopic (exact) mass is 175 g/mol. The minimum absolute atomic E-state index is 0.733. The number of hydrogen-bond acceptors (Lipinski definition) is 4. The van der Waals surface area contributed by atoms with Crippen molar-refractivity contribution in [2.45, 2.75) is 0 Å². The molecule has 0 spiro atoms. The highest BCUT2D eigenvalue weighted by Crippen LogP contribution is 2.19. The van der Waals surface area contributed by atoms with E-state index in [1.807, 2.05) is 18.2 Å². The average molecular weight is 175 g/mol. The van der Waals surface area contributed by atoms with Crippen LogP contribution in [0.5, 0.6) is 0 Å². The van der Waals surface area contributed by atoms with Gasteiger partial charge in [0.2, 0.25) is 0 Å². The summed E-state index contributed by atoms with van der Waals surface area (Å²) >= 11 is 0. The number of nitrogen functional groups attached to an aromatic ring is 1. The molecule has 2 heterocycles. The Bertz CT molecular complexity index is 384. The molecule has 4 heteroatoms. The van der Waals surface area contributed by atoms with E-state index in [1.165, 1.54) is 0 Å². The molecule has 0 aliphatic rings. The topological polar surface area (TPSA) is 64.1 Å². The Labute approximate surface area is 75.4 Å². The zero-order valence-electron chi connectivity index (χ0n) is 6.90. The fraction of sp³-hybridized carbons (Fsp3) is 0. The fourth-order valence-corrected chi connectivity index (χ4v) is 1.08. The summed E-state index contributed by atoms with van der Waals surface area (Å²) in [5.74, 6) is 6.00. The molecule has 0 saturated carbocycles. The number of pyridine rings is 1. The van der Waals surface area contributed by atoms with Crippen LogP contribution in [0.3, 0.4) is 0 Å². The number of aromatic nitrogens is 1. The van der Waals surface area contributed by atoms with Crippen LogP contribution in [0, 0.1) is 0 Å². The van der Waals surface area contributed by atoms with Crippen molar-refractivity contribution >= 4 is 5.69 Å². The lowest BCUT2D eigenvalue weighted by Crippen LogP contribution is -2.06. The van der Waals surface area contributed by atoms with Crippen LogP contribution in [-0.2, 0) is 0 Å². The van der Waals surface area contributed by atoms with Crippen molar-refractivity contribution in [1.29, 1.82) is 0 Å². The van der Waals surface area contributed by atoms with Crippen molar-refractivity contribution in [2.24, 2.45) is 5.84 Å². The quantitative estimate of drug-likeness (QED) is 0.537. The van der Waals surface area contributed by atoms with E-state index in [4.69, 9.17) is 10.3 Å². The van der Waals surface area contributed by atoms with Gasteiger partial charge in [-0.05, 0) is 24.3 Å². The Morgan fingerprint density at radius 1 is 1.38 bits per heavy atom. The van der Waals surface area contributed by atoms with Gasteiger partial charge in [0.15, 0.2) is 5.76 Å². The Morgan fingerprint density at radius 3 is 3.00 bits per heavy atom. The largest absolute Gasteiger partial charge is 0.463 e. The molecular formula is C9H9N3O. The Hall–Kier alpha value is -1.81. The number of nitrogens with zero attached hydrogens (tertiary/aromatic N) is 1. The molecule has 0 aromatic carbocycles. The number of hydrogen-bond donors (Lipinski definition) is 2. The summed E-state index contributed by atoms with van der Waals surface area (Å²) in [7, 11) is 0. The van der Waals surface area contributed by atoms with Gasteiger partial charge >= 0.3 is 0 Å². The lowest BCUT2D eigenvalue weighted by Gasteiger charge is -2.00. The van der Waals surface area contributed by atoms with E-state index in [0.29, 0.717) is 0 Å². The Balaban J connectivity index is 2.41. The summed E-state index contributed by atoms with van der Waals surface area (Å²) < 4.78 is 5.19. The molecule has 0 radical (unpaired) electrons. The summed E-state index contributed by atoms with van der Waals surface area (Å²) in [6, 6.07) is 7.27. The minimum atomic E-state index is 0.733. The van der Waals surface area contributed by atoms with Crippen LogP contribution in [0.25, 0.3) is 11.5 Å². The van der Waals surface area contributed by atoms with Crippen molar-refractivity contribution in [1.82, 2.24) is 4.98 Å². The van der Waals surface area contributed by atoms with Crippen LogP contribution in [0.1, 0.15) is 0 Å². The molecule has 3 N–H and O–H groups in total. The number of rotatable bonds is 2. The molecule has 2 aromatic rings. The zero-order chi connectivity index (χ0) is 9.10. The fourth-order valence-electron chi connectivity index (χ4n) is 1.08. The normalized spacial score (nSPS) is 9.92. The third kappa shape index (κ3) is 1.52. The van der Waals surface area contributed by atoms with E-state index in [0.717, 1.165) is 17.1 Å². The van der Waals surface area contributed by atoms with Crippen molar-refractivity contribution in [2.75, 3.05) is 5.43 Å². The molecular weight excluding hydrogens is 166 g/mol. The maximum atomic E-state index is 5.26. The second-order valence-electron chi connectivity index (χ2n) is 2.55. The molecule has 2 aromatic heterocycles. The molecule has 2 rings (SSSR count). The van der Waals surface area contributed by atoms with Crippen LogP contribution in [-0.4, -0.2) is 4.98 Å². The van der Waals surface area contributed by atoms with E-state index in [2.05, 4.69) is 10.4 Å². The van der Waals surface area contributed by atoms with Gasteiger partial charge in [-0.15, -0.1) is 0 Å². The predicted molar refractivity (Wildman–Crippen MR) is 49.7 cm³/mol. The lowest BCUT2D eigenvalue weighted by molar-refractivity contribution is 0.580. The zero-order valence-corrected chi connectivity index (χ0v) is 6.90. The Kier molecular flexibility index (Phi) is 1.97. The van der Waals surface area contributed by atoms with Gasteiger partial charge in [-0.1, -0.05) is 0 Å². The average Bonchev–Trinajstić information content (AvgIpc) is 2.71. The van der Waals surface area contributed by atoms with Gasteiger partial charge in [0.05, 0.1) is 12.0 Å². The third-order valence-corrected chi connectivity index (χ3v) is 1.70. The summed E-state index contributed by atoms with van der Waals surface area (Å²) in [5, 5.41) is 0. The van der Waals surface area contributed by atoms with Crippen LogP contribution in [0.2, 0.25) is 0 Å². The first-order valence-electron chi connectivity index (χ1n) is 3.87. The van der Waals surface area contributed by atoms with E-state index in [9.17, 15) is 0 Å². The second-order valence-corrected chi connectivity index (χ2v) is 2.55. The van der Waals surface area contributed by atoms with Gasteiger partial charge in [0.25, 0.3) is 0 Å². The van der Waals surface area contributed by atoms with Crippen molar-refractivity contribution < 1.29 is 4.42 Å². The van der Waals surface area contributed by atoms with Gasteiger partial charge in [0.1, 0.15) is 5.69 Å². The highest BCUT2D eigenvalue weighted by molar-refractivity contribution is 5.58. The van der Waals surface area contributed by atoms with E-state index < -0.39 is 0 Å². The van der Waals surface area contributed by atoms with Crippen molar-refractivity contribution in [3.8, 4) is 11.5 Å². The first-order chi connectivity index (χ1) is 6.40. The van der Waals surface area contributed by atoms with Gasteiger partial charge in [-0.25, -0.2) is 0 Å². The molecule has 13 heavy (non-hydrogen) atoms. The third-order valence-electron chi connectivity index (χ3n) is 1.70. The first-order valence-corrected chi connectivity index (χ1v) is 3.87. The molecule has 0 aliphatic heterocycles. The molecule has 0 saturated heterocycles. The standard InChI is InChI=1S/C9H9N3O/c10-12-7-3-4-11-8(6-7)9-2-1-5-13-9/h1-6H,10H2,(H,11,12). The molecule has 0 bridgehead atoms. The highest BCUT2D eigenvalue weighted by Gasteiger charge is 2.01.